The minimum absolute atomic E-state index is 0.0361. The molecule has 1 fully saturated rings. The number of nitrogens with one attached hydrogen (secondary N) is 2. The van der Waals surface area contributed by atoms with Gasteiger partial charge in [-0.15, -0.1) is 0 Å². The van der Waals surface area contributed by atoms with Gasteiger partial charge in [0, 0.05) is 11.6 Å². The third-order valence-corrected chi connectivity index (χ3v) is 4.35. The van der Waals surface area contributed by atoms with Crippen molar-refractivity contribution in [2.24, 2.45) is 0 Å². The van der Waals surface area contributed by atoms with E-state index in [2.05, 4.69) is 10.6 Å². The number of hydrogen-bond acceptors (Lipinski definition) is 3. The zero-order valence-corrected chi connectivity index (χ0v) is 14.1. The van der Waals surface area contributed by atoms with E-state index in [0.29, 0.717) is 35.7 Å². The summed E-state index contributed by atoms with van der Waals surface area (Å²) in [6, 6.07) is 4.74. The van der Waals surface area contributed by atoms with Gasteiger partial charge in [0.15, 0.2) is 0 Å². The highest BCUT2D eigenvalue weighted by molar-refractivity contribution is 6.31. The number of halogens is 1. The van der Waals surface area contributed by atoms with Gasteiger partial charge in [-0.25, -0.2) is 0 Å². The first-order chi connectivity index (χ1) is 10.9. The molecule has 2 rings (SSSR count). The molecule has 0 heterocycles. The summed E-state index contributed by atoms with van der Waals surface area (Å²) < 4.78 is 0. The summed E-state index contributed by atoms with van der Waals surface area (Å²) in [5.41, 5.74) is -0.208. The molecule has 0 bridgehead atoms. The molecule has 6 heteroatoms. The Hall–Kier alpha value is -1.59. The fourth-order valence-corrected chi connectivity index (χ4v) is 3.13. The van der Waals surface area contributed by atoms with E-state index < -0.39 is 5.60 Å². The highest BCUT2D eigenvalue weighted by Gasteiger charge is 2.32. The molecule has 23 heavy (non-hydrogen) atoms. The molecule has 1 aliphatic carbocycles. The lowest BCUT2D eigenvalue weighted by atomic mass is 9.82. The summed E-state index contributed by atoms with van der Waals surface area (Å²) >= 11 is 5.97. The largest absolute Gasteiger partial charge is 0.389 e. The van der Waals surface area contributed by atoms with Crippen LogP contribution in [-0.2, 0) is 4.79 Å². The minimum Gasteiger partial charge on any atom is -0.389 e. The fourth-order valence-electron chi connectivity index (χ4n) is 2.95. The van der Waals surface area contributed by atoms with Crippen LogP contribution in [0.25, 0.3) is 0 Å². The maximum absolute atomic E-state index is 12.3. The van der Waals surface area contributed by atoms with Gasteiger partial charge in [-0.2, -0.15) is 0 Å². The van der Waals surface area contributed by atoms with Gasteiger partial charge in [-0.05, 0) is 38.0 Å². The van der Waals surface area contributed by atoms with E-state index in [-0.39, 0.29) is 18.2 Å². The zero-order valence-electron chi connectivity index (χ0n) is 13.3. The lowest BCUT2D eigenvalue weighted by Gasteiger charge is -2.31. The normalized spacial score (nSPS) is 16.7. The topological polar surface area (TPSA) is 78.4 Å². The Morgan fingerprint density at radius 1 is 1.26 bits per heavy atom. The van der Waals surface area contributed by atoms with Crippen LogP contribution < -0.4 is 10.6 Å². The van der Waals surface area contributed by atoms with Crippen molar-refractivity contribution in [3.8, 4) is 0 Å². The first-order valence-corrected chi connectivity index (χ1v) is 8.41. The van der Waals surface area contributed by atoms with Gasteiger partial charge in [-0.3, -0.25) is 9.59 Å². The second-order valence-electron chi connectivity index (χ2n) is 6.06. The highest BCUT2D eigenvalue weighted by Crippen LogP contribution is 2.31. The van der Waals surface area contributed by atoms with Crippen LogP contribution in [0.5, 0.6) is 0 Å². The Bertz CT molecular complexity index is 583. The molecule has 126 valence electrons. The van der Waals surface area contributed by atoms with Gasteiger partial charge in [-0.1, -0.05) is 30.9 Å². The summed E-state index contributed by atoms with van der Waals surface area (Å²) in [4.78, 5) is 24.3. The molecule has 0 spiro atoms. The number of benzene rings is 1. The van der Waals surface area contributed by atoms with Crippen molar-refractivity contribution in [3.05, 3.63) is 28.8 Å². The van der Waals surface area contributed by atoms with E-state index in [4.69, 9.17) is 11.6 Å². The van der Waals surface area contributed by atoms with Crippen molar-refractivity contribution in [2.45, 2.75) is 51.0 Å². The average Bonchev–Trinajstić information content (AvgIpc) is 2.47. The molecule has 0 aliphatic heterocycles. The number of aliphatic hydroxyl groups is 1. The standard InChI is InChI=1S/C17H23ClN2O3/c1-2-19-16(22)13-7-6-12(18)10-14(13)20-15(21)11-17(23)8-4-3-5-9-17/h6-7,10,23H,2-5,8-9,11H2,1H3,(H,19,22)(H,20,21). The number of amides is 2. The summed E-state index contributed by atoms with van der Waals surface area (Å²) in [7, 11) is 0. The number of carbonyl (C=O) groups is 2. The van der Waals surface area contributed by atoms with E-state index in [0.717, 1.165) is 19.3 Å². The SMILES string of the molecule is CCNC(=O)c1ccc(Cl)cc1NC(=O)CC1(O)CCCCC1. The molecule has 2 amide bonds. The molecule has 3 N–H and O–H groups in total. The van der Waals surface area contributed by atoms with Gasteiger partial charge in [0.25, 0.3) is 5.91 Å². The van der Waals surface area contributed by atoms with Gasteiger partial charge < -0.3 is 15.7 Å². The number of anilines is 1. The third kappa shape index (κ3) is 4.94. The van der Waals surface area contributed by atoms with E-state index in [9.17, 15) is 14.7 Å². The molecule has 1 aromatic rings. The summed E-state index contributed by atoms with van der Waals surface area (Å²) in [6.07, 6.45) is 4.28. The van der Waals surface area contributed by atoms with Crippen molar-refractivity contribution < 1.29 is 14.7 Å². The van der Waals surface area contributed by atoms with Crippen LogP contribution >= 0.6 is 11.6 Å². The second-order valence-corrected chi connectivity index (χ2v) is 6.50. The van der Waals surface area contributed by atoms with Crippen LogP contribution in [0, 0.1) is 0 Å². The van der Waals surface area contributed by atoms with Crippen LogP contribution in [0.1, 0.15) is 55.8 Å². The van der Waals surface area contributed by atoms with Crippen LogP contribution in [0.2, 0.25) is 5.02 Å². The van der Waals surface area contributed by atoms with Gasteiger partial charge in [0.05, 0.1) is 23.3 Å². The second kappa shape index (κ2) is 7.79. The molecular weight excluding hydrogens is 316 g/mol. The number of rotatable bonds is 5. The smallest absolute Gasteiger partial charge is 0.253 e. The fraction of sp³-hybridized carbons (Fsp3) is 0.529. The summed E-state index contributed by atoms with van der Waals surface area (Å²) in [6.45, 7) is 2.32. The Labute approximate surface area is 141 Å². The maximum Gasteiger partial charge on any atom is 0.253 e. The number of carbonyl (C=O) groups excluding carboxylic acids is 2. The predicted molar refractivity (Wildman–Crippen MR) is 90.7 cm³/mol. The molecule has 1 saturated carbocycles. The van der Waals surface area contributed by atoms with Crippen molar-refractivity contribution in [1.29, 1.82) is 0 Å². The summed E-state index contributed by atoms with van der Waals surface area (Å²) in [5.74, 6) is -0.571. The highest BCUT2D eigenvalue weighted by atomic mass is 35.5. The molecule has 5 nitrogen and oxygen atoms in total. The van der Waals surface area contributed by atoms with E-state index in [1.807, 2.05) is 6.92 Å². The van der Waals surface area contributed by atoms with Crippen molar-refractivity contribution in [3.63, 3.8) is 0 Å². The van der Waals surface area contributed by atoms with Crippen molar-refractivity contribution in [2.75, 3.05) is 11.9 Å². The minimum atomic E-state index is -0.938. The molecule has 1 aromatic carbocycles. The molecular formula is C17H23ClN2O3. The zero-order chi connectivity index (χ0) is 16.9. The van der Waals surface area contributed by atoms with Gasteiger partial charge >= 0.3 is 0 Å². The Morgan fingerprint density at radius 3 is 2.61 bits per heavy atom. The molecule has 1 aliphatic rings. The quantitative estimate of drug-likeness (QED) is 0.771. The molecule has 0 saturated heterocycles. The van der Waals surface area contributed by atoms with Crippen molar-refractivity contribution in [1.82, 2.24) is 5.32 Å². The number of hydrogen-bond donors (Lipinski definition) is 3. The van der Waals surface area contributed by atoms with E-state index >= 15 is 0 Å². The summed E-state index contributed by atoms with van der Waals surface area (Å²) in [5, 5.41) is 16.3. The van der Waals surface area contributed by atoms with E-state index in [1.165, 1.54) is 0 Å². The van der Waals surface area contributed by atoms with Crippen LogP contribution in [0.4, 0.5) is 5.69 Å². The predicted octanol–water partition coefficient (Wildman–Crippen LogP) is 3.11. The molecule has 0 atom stereocenters. The molecule has 0 unspecified atom stereocenters. The Kier molecular flexibility index (Phi) is 6.02. The molecule has 0 aromatic heterocycles. The van der Waals surface area contributed by atoms with E-state index in [1.54, 1.807) is 18.2 Å². The lowest BCUT2D eigenvalue weighted by molar-refractivity contribution is -0.122. The monoisotopic (exact) mass is 338 g/mol. The van der Waals surface area contributed by atoms with Crippen LogP contribution in [0.3, 0.4) is 0 Å². The lowest BCUT2D eigenvalue weighted by Crippen LogP contribution is -2.36. The molecule has 0 radical (unpaired) electrons. The maximum atomic E-state index is 12.3. The van der Waals surface area contributed by atoms with Crippen LogP contribution in [0.15, 0.2) is 18.2 Å². The van der Waals surface area contributed by atoms with Gasteiger partial charge in [0.2, 0.25) is 5.91 Å². The first kappa shape index (κ1) is 17.8. The first-order valence-electron chi connectivity index (χ1n) is 8.03. The van der Waals surface area contributed by atoms with Crippen molar-refractivity contribution >= 4 is 29.1 Å². The third-order valence-electron chi connectivity index (χ3n) is 4.11. The van der Waals surface area contributed by atoms with Crippen LogP contribution in [-0.4, -0.2) is 29.1 Å². The Balaban J connectivity index is 2.10. The van der Waals surface area contributed by atoms with Gasteiger partial charge in [0.1, 0.15) is 0 Å². The average molecular weight is 339 g/mol. The Morgan fingerprint density at radius 2 is 1.96 bits per heavy atom.